The number of ether oxygens (including phenoxy) is 1. The van der Waals surface area contributed by atoms with Crippen molar-refractivity contribution in [1.82, 2.24) is 4.90 Å². The minimum atomic E-state index is 0.755. The maximum absolute atomic E-state index is 5.64. The molecule has 0 atom stereocenters. The highest BCUT2D eigenvalue weighted by Gasteiger charge is 2.15. The summed E-state index contributed by atoms with van der Waals surface area (Å²) in [5.41, 5.74) is 1.09. The molecular weight excluding hydrogens is 242 g/mol. The van der Waals surface area contributed by atoms with Gasteiger partial charge in [0.25, 0.3) is 0 Å². The zero-order valence-corrected chi connectivity index (χ0v) is 10.3. The number of rotatable bonds is 2. The molecule has 1 aliphatic heterocycles. The van der Waals surface area contributed by atoms with Crippen molar-refractivity contribution in [1.29, 1.82) is 0 Å². The lowest BCUT2D eigenvalue weighted by atomic mass is 10.3. The Labute approximate surface area is 94.1 Å². The fraction of sp³-hybridized carbons (Fsp3) is 0.455. The van der Waals surface area contributed by atoms with Crippen LogP contribution in [0.25, 0.3) is 0 Å². The van der Waals surface area contributed by atoms with Gasteiger partial charge in [-0.15, -0.1) is 0 Å². The summed E-state index contributed by atoms with van der Waals surface area (Å²) in [7, 11) is 2.07. The van der Waals surface area contributed by atoms with Gasteiger partial charge in [-0.3, -0.25) is 0 Å². The van der Waals surface area contributed by atoms with E-state index in [0.717, 1.165) is 35.5 Å². The van der Waals surface area contributed by atoms with E-state index in [2.05, 4.69) is 34.5 Å². The summed E-state index contributed by atoms with van der Waals surface area (Å²) in [6, 6.07) is 0. The van der Waals surface area contributed by atoms with Gasteiger partial charge in [-0.1, -0.05) is 12.7 Å². The summed E-state index contributed by atoms with van der Waals surface area (Å²) in [6.07, 6.45) is 5.10. The Morgan fingerprint density at radius 2 is 2.36 bits per heavy atom. The van der Waals surface area contributed by atoms with Crippen molar-refractivity contribution >= 4 is 15.9 Å². The predicted molar refractivity (Wildman–Crippen MR) is 63.1 cm³/mol. The van der Waals surface area contributed by atoms with E-state index in [1.54, 1.807) is 0 Å². The van der Waals surface area contributed by atoms with Crippen LogP contribution in [-0.4, -0.2) is 25.1 Å². The van der Waals surface area contributed by atoms with E-state index in [4.69, 9.17) is 4.74 Å². The van der Waals surface area contributed by atoms with Gasteiger partial charge in [-0.05, 0) is 35.4 Å². The highest BCUT2D eigenvalue weighted by Crippen LogP contribution is 2.25. The topological polar surface area (TPSA) is 12.5 Å². The van der Waals surface area contributed by atoms with E-state index >= 15 is 0 Å². The molecule has 78 valence electrons. The maximum atomic E-state index is 5.64. The van der Waals surface area contributed by atoms with Crippen molar-refractivity contribution in [3.8, 4) is 0 Å². The standard InChI is InChI=1S/C11H16BrNO/c1-4-6-10-11(9(2)12)14-8-5-7-13(10)3/h4,6H,2,5,7-8H2,1,3H3/b6-4-. The molecule has 0 saturated heterocycles. The molecule has 0 unspecified atom stereocenters. The Hall–Kier alpha value is -0.700. The summed E-state index contributed by atoms with van der Waals surface area (Å²) in [5, 5.41) is 0. The molecule has 0 radical (unpaired) electrons. The molecule has 1 heterocycles. The Kier molecular flexibility index (Phi) is 4.26. The third kappa shape index (κ3) is 2.64. The normalized spacial score (nSPS) is 18.4. The minimum absolute atomic E-state index is 0.755. The lowest BCUT2D eigenvalue weighted by Crippen LogP contribution is -2.17. The van der Waals surface area contributed by atoms with Crippen LogP contribution < -0.4 is 0 Å². The van der Waals surface area contributed by atoms with Crippen molar-refractivity contribution in [2.75, 3.05) is 20.2 Å². The van der Waals surface area contributed by atoms with Crippen molar-refractivity contribution in [2.45, 2.75) is 13.3 Å². The van der Waals surface area contributed by atoms with Crippen LogP contribution in [0.1, 0.15) is 13.3 Å². The average Bonchev–Trinajstić information content (AvgIpc) is 2.30. The van der Waals surface area contributed by atoms with Crippen LogP contribution in [0.4, 0.5) is 0 Å². The average molecular weight is 258 g/mol. The van der Waals surface area contributed by atoms with Gasteiger partial charge in [0.1, 0.15) is 0 Å². The first-order chi connectivity index (χ1) is 6.66. The van der Waals surface area contributed by atoms with Gasteiger partial charge in [0.15, 0.2) is 5.76 Å². The molecule has 0 spiro atoms. The van der Waals surface area contributed by atoms with Crippen molar-refractivity contribution in [3.05, 3.63) is 34.7 Å². The fourth-order valence-electron chi connectivity index (χ4n) is 1.42. The molecule has 0 aromatic heterocycles. The largest absolute Gasteiger partial charge is 0.490 e. The van der Waals surface area contributed by atoms with Crippen molar-refractivity contribution < 1.29 is 4.74 Å². The van der Waals surface area contributed by atoms with Crippen LogP contribution in [0.3, 0.4) is 0 Å². The fourth-order valence-corrected chi connectivity index (χ4v) is 1.74. The van der Waals surface area contributed by atoms with Crippen LogP contribution in [0.5, 0.6) is 0 Å². The molecule has 0 N–H and O–H groups in total. The van der Waals surface area contributed by atoms with E-state index in [-0.39, 0.29) is 0 Å². The first-order valence-corrected chi connectivity index (χ1v) is 5.51. The van der Waals surface area contributed by atoms with Crippen molar-refractivity contribution in [2.24, 2.45) is 0 Å². The molecule has 3 heteroatoms. The van der Waals surface area contributed by atoms with Crippen LogP contribution in [0.15, 0.2) is 34.7 Å². The second kappa shape index (κ2) is 5.25. The minimum Gasteiger partial charge on any atom is -0.490 e. The second-order valence-corrected chi connectivity index (χ2v) is 4.20. The van der Waals surface area contributed by atoms with Gasteiger partial charge in [0.05, 0.1) is 16.8 Å². The molecule has 0 amide bonds. The lowest BCUT2D eigenvalue weighted by molar-refractivity contribution is 0.225. The van der Waals surface area contributed by atoms with E-state index in [9.17, 15) is 0 Å². The molecule has 0 aliphatic carbocycles. The smallest absolute Gasteiger partial charge is 0.156 e. The molecule has 2 nitrogen and oxygen atoms in total. The summed E-state index contributed by atoms with van der Waals surface area (Å²) in [6.45, 7) is 7.63. The summed E-state index contributed by atoms with van der Waals surface area (Å²) in [4.78, 5) is 2.19. The van der Waals surface area contributed by atoms with Gasteiger partial charge < -0.3 is 9.64 Å². The first kappa shape index (κ1) is 11.4. The maximum Gasteiger partial charge on any atom is 0.156 e. The van der Waals surface area contributed by atoms with Gasteiger partial charge in [-0.25, -0.2) is 0 Å². The molecule has 0 aromatic carbocycles. The molecule has 0 fully saturated rings. The third-order valence-electron chi connectivity index (χ3n) is 2.10. The van der Waals surface area contributed by atoms with E-state index in [1.165, 1.54) is 0 Å². The summed E-state index contributed by atoms with van der Waals surface area (Å²) >= 11 is 3.37. The SMILES string of the molecule is C=C(Br)C1=C(/C=C\C)N(C)CCCO1. The zero-order valence-electron chi connectivity index (χ0n) is 8.72. The van der Waals surface area contributed by atoms with E-state index in [1.807, 2.05) is 19.1 Å². The summed E-state index contributed by atoms with van der Waals surface area (Å²) < 4.78 is 6.45. The van der Waals surface area contributed by atoms with Crippen LogP contribution in [-0.2, 0) is 4.74 Å². The monoisotopic (exact) mass is 257 g/mol. The Morgan fingerprint density at radius 3 is 2.93 bits per heavy atom. The molecule has 0 aromatic rings. The van der Waals surface area contributed by atoms with E-state index in [0.29, 0.717) is 0 Å². The first-order valence-electron chi connectivity index (χ1n) is 4.72. The highest BCUT2D eigenvalue weighted by atomic mass is 79.9. The van der Waals surface area contributed by atoms with Crippen molar-refractivity contribution in [3.63, 3.8) is 0 Å². The number of halogens is 1. The number of allylic oxidation sites excluding steroid dienone is 3. The Bertz CT molecular complexity index is 281. The predicted octanol–water partition coefficient (Wildman–Crippen LogP) is 3.03. The van der Waals surface area contributed by atoms with Crippen LogP contribution in [0, 0.1) is 0 Å². The van der Waals surface area contributed by atoms with Gasteiger partial charge in [0.2, 0.25) is 0 Å². The second-order valence-electron chi connectivity index (χ2n) is 3.24. The van der Waals surface area contributed by atoms with Gasteiger partial charge >= 0.3 is 0 Å². The molecule has 1 rings (SSSR count). The highest BCUT2D eigenvalue weighted by molar-refractivity contribution is 9.11. The molecule has 0 bridgehead atoms. The molecular formula is C11H16BrNO. The van der Waals surface area contributed by atoms with Crippen LogP contribution >= 0.6 is 15.9 Å². The van der Waals surface area contributed by atoms with Gasteiger partial charge in [-0.2, -0.15) is 0 Å². The number of hydrogen-bond acceptors (Lipinski definition) is 2. The Morgan fingerprint density at radius 1 is 1.64 bits per heavy atom. The number of hydrogen-bond donors (Lipinski definition) is 0. The number of likely N-dealkylation sites (N-methyl/N-ethyl adjacent to an activating group) is 1. The quantitative estimate of drug-likeness (QED) is 0.754. The third-order valence-corrected chi connectivity index (χ3v) is 2.46. The zero-order chi connectivity index (χ0) is 10.6. The van der Waals surface area contributed by atoms with Crippen LogP contribution in [0.2, 0.25) is 0 Å². The lowest BCUT2D eigenvalue weighted by Gasteiger charge is -2.19. The molecule has 1 aliphatic rings. The van der Waals surface area contributed by atoms with E-state index < -0.39 is 0 Å². The molecule has 0 saturated carbocycles. The molecule has 14 heavy (non-hydrogen) atoms. The Balaban J connectivity index is 3.06. The number of nitrogens with zero attached hydrogens (tertiary/aromatic N) is 1. The summed E-state index contributed by atoms with van der Waals surface area (Å²) in [5.74, 6) is 0.850. The van der Waals surface area contributed by atoms with Gasteiger partial charge in [0, 0.05) is 13.6 Å².